The van der Waals surface area contributed by atoms with Crippen LogP contribution < -0.4 is 10.6 Å². The number of nitriles is 1. The fraction of sp³-hybridized carbons (Fsp3) is 0.107. The van der Waals surface area contributed by atoms with Gasteiger partial charge < -0.3 is 0 Å². The van der Waals surface area contributed by atoms with E-state index in [1.165, 1.54) is 10.6 Å². The van der Waals surface area contributed by atoms with Gasteiger partial charge in [-0.2, -0.15) is 5.26 Å². The molecule has 0 fully saturated rings. The zero-order valence-electron chi connectivity index (χ0n) is 17.2. The van der Waals surface area contributed by atoms with Crippen molar-refractivity contribution < 1.29 is 0 Å². The zero-order chi connectivity index (χ0) is 21.2. The highest BCUT2D eigenvalue weighted by molar-refractivity contribution is 7.81. The van der Waals surface area contributed by atoms with Crippen molar-refractivity contribution in [3.63, 3.8) is 0 Å². The Morgan fingerprint density at radius 3 is 1.42 bits per heavy atom. The lowest BCUT2D eigenvalue weighted by molar-refractivity contribution is 0.462. The maximum absolute atomic E-state index is 10.5. The van der Waals surface area contributed by atoms with Gasteiger partial charge >= 0.3 is 0 Å². The first-order valence-corrected chi connectivity index (χ1v) is 12.5. The van der Waals surface area contributed by atoms with Gasteiger partial charge in [0.05, 0.1) is 12.0 Å². The third kappa shape index (κ3) is 3.14. The molecular weight excluding hydrogens is 395 g/mol. The molecule has 150 valence electrons. The third-order valence-corrected chi connectivity index (χ3v) is 10.1. The average Bonchev–Trinajstić information content (AvgIpc) is 3.24. The molecular formula is C28H23N2P. The van der Waals surface area contributed by atoms with Crippen molar-refractivity contribution in [1.29, 1.82) is 5.26 Å². The Balaban J connectivity index is 1.91. The summed E-state index contributed by atoms with van der Waals surface area (Å²) in [5.74, 6) is -0.258. The molecule has 4 aromatic carbocycles. The van der Waals surface area contributed by atoms with Crippen LogP contribution in [0.15, 0.2) is 126 Å². The maximum Gasteiger partial charge on any atom is 0.126 e. The second kappa shape index (κ2) is 8.03. The van der Waals surface area contributed by atoms with Crippen LogP contribution in [0.25, 0.3) is 0 Å². The van der Waals surface area contributed by atoms with Crippen LogP contribution in [0.5, 0.6) is 0 Å². The molecule has 1 heterocycles. The first-order valence-electron chi connectivity index (χ1n) is 10.5. The van der Waals surface area contributed by atoms with Crippen LogP contribution in [0.4, 0.5) is 0 Å². The van der Waals surface area contributed by atoms with E-state index < -0.39 is 12.6 Å². The van der Waals surface area contributed by atoms with Crippen LogP contribution in [0, 0.1) is 17.2 Å². The molecule has 5 rings (SSSR count). The quantitative estimate of drug-likeness (QED) is 0.378. The highest BCUT2D eigenvalue weighted by Crippen LogP contribution is 2.63. The van der Waals surface area contributed by atoms with Gasteiger partial charge in [-0.25, -0.2) is 0 Å². The Morgan fingerprint density at radius 1 is 0.645 bits per heavy atom. The molecule has 1 aliphatic rings. The van der Waals surface area contributed by atoms with Gasteiger partial charge in [-0.15, -0.1) is 0 Å². The molecule has 0 unspecified atom stereocenters. The van der Waals surface area contributed by atoms with Crippen LogP contribution >= 0.6 is 7.05 Å². The minimum Gasteiger partial charge on any atom is -0.277 e. The van der Waals surface area contributed by atoms with Crippen molar-refractivity contribution in [1.82, 2.24) is 0 Å². The van der Waals surface area contributed by atoms with E-state index in [4.69, 9.17) is 4.74 Å². The van der Waals surface area contributed by atoms with Crippen molar-refractivity contribution in [3.05, 3.63) is 132 Å². The van der Waals surface area contributed by atoms with Crippen molar-refractivity contribution in [2.45, 2.75) is 5.54 Å². The molecule has 2 nitrogen and oxygen atoms in total. The third-order valence-electron chi connectivity index (χ3n) is 6.23. The monoisotopic (exact) mass is 418 g/mol. The predicted molar refractivity (Wildman–Crippen MR) is 129 cm³/mol. The van der Waals surface area contributed by atoms with Gasteiger partial charge in [-0.1, -0.05) is 121 Å². The molecule has 3 heteroatoms. The summed E-state index contributed by atoms with van der Waals surface area (Å²) in [6.07, 6.45) is 0.737. The molecule has 1 atom stereocenters. The molecule has 0 saturated heterocycles. The maximum atomic E-state index is 10.5. The Bertz CT molecular complexity index is 1180. The molecule has 4 aromatic rings. The lowest BCUT2D eigenvalue weighted by atomic mass is 9.75. The topological polar surface area (TPSA) is 36.1 Å². The summed E-state index contributed by atoms with van der Waals surface area (Å²) in [6.45, 7) is 0. The fourth-order valence-corrected chi connectivity index (χ4v) is 8.95. The van der Waals surface area contributed by atoms with Crippen molar-refractivity contribution in [3.8, 4) is 6.07 Å². The van der Waals surface area contributed by atoms with E-state index in [1.54, 1.807) is 0 Å². The summed E-state index contributed by atoms with van der Waals surface area (Å²) in [6, 6.07) is 44.6. The number of nitrogens with zero attached hydrogens (tertiary/aromatic N) is 2. The lowest BCUT2D eigenvalue weighted by Gasteiger charge is -2.31. The Hall–Kier alpha value is -3.40. The summed E-state index contributed by atoms with van der Waals surface area (Å²) in [5.41, 5.74) is 1.47. The fourth-order valence-electron chi connectivity index (χ4n) is 4.80. The normalized spacial score (nSPS) is 18.6. The largest absolute Gasteiger partial charge is 0.277 e. The lowest BCUT2D eigenvalue weighted by Crippen LogP contribution is -2.32. The molecule has 0 N–H and O–H groups in total. The van der Waals surface area contributed by atoms with Gasteiger partial charge in [-0.3, -0.25) is 4.74 Å². The highest BCUT2D eigenvalue weighted by Gasteiger charge is 2.52. The minimum atomic E-state index is -2.17. The van der Waals surface area contributed by atoms with Gasteiger partial charge in [-0.05, 0) is 21.7 Å². The van der Waals surface area contributed by atoms with Gasteiger partial charge in [0.2, 0.25) is 0 Å². The molecule has 0 radical (unpaired) electrons. The SMILES string of the molecule is N#C[C@@H]1CP(c2ccccc2)(c2ccccc2)=NC1(c1ccccc1)c1ccccc1. The van der Waals surface area contributed by atoms with Crippen LogP contribution in [0.3, 0.4) is 0 Å². The minimum absolute atomic E-state index is 0.258. The molecule has 31 heavy (non-hydrogen) atoms. The average molecular weight is 418 g/mol. The van der Waals surface area contributed by atoms with E-state index >= 15 is 0 Å². The molecule has 0 aliphatic carbocycles. The number of hydrogen-bond donors (Lipinski definition) is 0. The predicted octanol–water partition coefficient (Wildman–Crippen LogP) is 5.94. The van der Waals surface area contributed by atoms with Gasteiger partial charge in [0.1, 0.15) is 5.54 Å². The molecule has 1 aliphatic heterocycles. The van der Waals surface area contributed by atoms with Crippen molar-refractivity contribution in [2.24, 2.45) is 10.7 Å². The summed E-state index contributed by atoms with van der Waals surface area (Å²) < 4.78 is 5.77. The van der Waals surface area contributed by atoms with E-state index in [0.29, 0.717) is 0 Å². The van der Waals surface area contributed by atoms with Crippen LogP contribution in [-0.4, -0.2) is 6.16 Å². The van der Waals surface area contributed by atoms with Crippen LogP contribution in [0.2, 0.25) is 0 Å². The molecule has 0 saturated carbocycles. The summed E-state index contributed by atoms with van der Waals surface area (Å²) in [5, 5.41) is 12.9. The smallest absolute Gasteiger partial charge is 0.126 e. The van der Waals surface area contributed by atoms with Gasteiger partial charge in [0, 0.05) is 13.2 Å². The number of benzene rings is 4. The van der Waals surface area contributed by atoms with E-state index in [2.05, 4.69) is 78.9 Å². The summed E-state index contributed by atoms with van der Waals surface area (Å²) in [7, 11) is -2.17. The van der Waals surface area contributed by atoms with Gasteiger partial charge in [0.25, 0.3) is 0 Å². The summed E-state index contributed by atoms with van der Waals surface area (Å²) in [4.78, 5) is 0. The van der Waals surface area contributed by atoms with Crippen molar-refractivity contribution in [2.75, 3.05) is 6.16 Å². The Kier molecular flexibility index (Phi) is 5.06. The molecule has 0 bridgehead atoms. The standard InChI is InChI=1S/C28H23N2P/c29-21-25-22-31(26-17-9-3-10-18-26,27-19-11-4-12-20-27)30-28(25,23-13-5-1-6-14-23)24-15-7-2-8-16-24/h1-20,25H,22H2/t25-/m1/s1. The number of hydrogen-bond acceptors (Lipinski definition) is 2. The molecule has 0 aromatic heterocycles. The van der Waals surface area contributed by atoms with E-state index in [9.17, 15) is 5.26 Å². The Morgan fingerprint density at radius 2 is 1.03 bits per heavy atom. The van der Waals surface area contributed by atoms with Crippen LogP contribution in [-0.2, 0) is 5.54 Å². The first-order chi connectivity index (χ1) is 15.3. The van der Waals surface area contributed by atoms with E-state index in [0.717, 1.165) is 17.3 Å². The Labute approximate surface area is 183 Å². The highest BCUT2D eigenvalue weighted by atomic mass is 31.2. The van der Waals surface area contributed by atoms with Gasteiger partial charge in [0.15, 0.2) is 0 Å². The second-order valence-electron chi connectivity index (χ2n) is 7.90. The molecule has 0 spiro atoms. The van der Waals surface area contributed by atoms with Crippen LogP contribution in [0.1, 0.15) is 11.1 Å². The number of rotatable bonds is 4. The first kappa shape index (κ1) is 19.6. The van der Waals surface area contributed by atoms with Crippen molar-refractivity contribution >= 4 is 17.7 Å². The second-order valence-corrected chi connectivity index (χ2v) is 11.0. The summed E-state index contributed by atoms with van der Waals surface area (Å²) >= 11 is 0. The molecule has 0 amide bonds. The zero-order valence-corrected chi connectivity index (χ0v) is 18.1. The van der Waals surface area contributed by atoms with E-state index in [-0.39, 0.29) is 5.92 Å². The van der Waals surface area contributed by atoms with E-state index in [1.807, 2.05) is 48.5 Å².